The third-order valence-corrected chi connectivity index (χ3v) is 6.30. The van der Waals surface area contributed by atoms with Gasteiger partial charge in [-0.05, 0) is 76.2 Å². The van der Waals surface area contributed by atoms with Crippen molar-refractivity contribution < 1.29 is 54.6 Å². The predicted octanol–water partition coefficient (Wildman–Crippen LogP) is 5.80. The molecule has 0 saturated carbocycles. The molecule has 2 aromatic carbocycles. The largest absolute Gasteiger partial charge is 0.479 e. The zero-order valence-corrected chi connectivity index (χ0v) is 24.2. The number of pyridine rings is 1. The fraction of sp³-hybridized carbons (Fsp3) is 0.357. The molecular formula is C28H30F3NO9S. The molecule has 4 rings (SSSR count). The Bertz CT molecular complexity index is 1480. The van der Waals surface area contributed by atoms with E-state index in [1.807, 2.05) is 20.8 Å². The van der Waals surface area contributed by atoms with Gasteiger partial charge in [-0.3, -0.25) is 0 Å². The maximum Gasteiger partial charge on any atom is 0.417 e. The highest BCUT2D eigenvalue weighted by Gasteiger charge is 2.42. The van der Waals surface area contributed by atoms with Gasteiger partial charge in [0.15, 0.2) is 6.10 Å². The number of aliphatic carboxylic acids is 1. The van der Waals surface area contributed by atoms with Gasteiger partial charge < -0.3 is 28.2 Å². The van der Waals surface area contributed by atoms with Gasteiger partial charge in [0.25, 0.3) is 0 Å². The van der Waals surface area contributed by atoms with Gasteiger partial charge in [0, 0.05) is 24.4 Å². The molecule has 1 aliphatic heterocycles. The summed E-state index contributed by atoms with van der Waals surface area (Å²) in [4.78, 5) is 14.3. The second-order valence-electron chi connectivity index (χ2n) is 9.63. The smallest absolute Gasteiger partial charge is 0.417 e. The van der Waals surface area contributed by atoms with Crippen LogP contribution >= 0.6 is 0 Å². The van der Waals surface area contributed by atoms with E-state index in [1.54, 1.807) is 18.2 Å². The number of carboxylic acids is 1. The quantitative estimate of drug-likeness (QED) is 0.296. The minimum Gasteiger partial charge on any atom is -0.479 e. The molecule has 1 aromatic heterocycles. The van der Waals surface area contributed by atoms with Crippen molar-refractivity contribution in [1.29, 1.82) is 0 Å². The number of carbonyl (C=O) groups is 1. The third kappa shape index (κ3) is 8.73. The number of hydrogen-bond donors (Lipinski definition) is 1. The van der Waals surface area contributed by atoms with Gasteiger partial charge in [-0.2, -0.15) is 21.6 Å². The number of ether oxygens (including phenoxy) is 4. The lowest BCUT2D eigenvalue weighted by Crippen LogP contribution is -2.34. The second kappa shape index (κ2) is 12.9. The van der Waals surface area contributed by atoms with Crippen LogP contribution in [0.4, 0.5) is 13.2 Å². The van der Waals surface area contributed by atoms with Gasteiger partial charge in [0.05, 0.1) is 17.2 Å². The van der Waals surface area contributed by atoms with E-state index >= 15 is 0 Å². The Morgan fingerprint density at radius 1 is 1.07 bits per heavy atom. The molecule has 0 fully saturated rings. The SMILES string of the molecule is CC(Oc1ccc(Oc2ccc(C(F)(F)F)cn2)cc1)C(=O)O.CCOC1Oc2ccc(OS(C)(=O)=O)cc2C1(C)C. The average molecular weight is 614 g/mol. The summed E-state index contributed by atoms with van der Waals surface area (Å²) in [6, 6.07) is 12.9. The van der Waals surface area contributed by atoms with Crippen molar-refractivity contribution in [2.24, 2.45) is 0 Å². The van der Waals surface area contributed by atoms with Crippen LogP contribution in [0, 0.1) is 0 Å². The first-order valence-corrected chi connectivity index (χ1v) is 14.3. The van der Waals surface area contributed by atoms with Crippen LogP contribution in [-0.2, 0) is 31.2 Å². The van der Waals surface area contributed by atoms with Crippen molar-refractivity contribution in [3.8, 4) is 28.9 Å². The van der Waals surface area contributed by atoms with E-state index < -0.39 is 33.9 Å². The van der Waals surface area contributed by atoms with E-state index in [9.17, 15) is 26.4 Å². The maximum atomic E-state index is 12.4. The summed E-state index contributed by atoms with van der Waals surface area (Å²) >= 11 is 0. The molecular weight excluding hydrogens is 583 g/mol. The van der Waals surface area contributed by atoms with Crippen molar-refractivity contribution in [3.63, 3.8) is 0 Å². The van der Waals surface area contributed by atoms with Gasteiger partial charge in [-0.25, -0.2) is 9.78 Å². The molecule has 0 spiro atoms. The van der Waals surface area contributed by atoms with E-state index in [0.717, 1.165) is 24.0 Å². The predicted molar refractivity (Wildman–Crippen MR) is 144 cm³/mol. The van der Waals surface area contributed by atoms with Crippen molar-refractivity contribution in [2.75, 3.05) is 12.9 Å². The molecule has 2 atom stereocenters. The molecule has 0 saturated heterocycles. The van der Waals surface area contributed by atoms with E-state index in [-0.39, 0.29) is 23.3 Å². The topological polar surface area (TPSA) is 130 Å². The summed E-state index contributed by atoms with van der Waals surface area (Å²) in [7, 11) is -3.53. The fourth-order valence-electron chi connectivity index (χ4n) is 3.70. The van der Waals surface area contributed by atoms with Crippen molar-refractivity contribution >= 4 is 16.1 Å². The molecule has 42 heavy (non-hydrogen) atoms. The lowest BCUT2D eigenvalue weighted by molar-refractivity contribution is -0.144. The molecule has 1 N–H and O–H groups in total. The Morgan fingerprint density at radius 3 is 2.21 bits per heavy atom. The average Bonchev–Trinajstić information content (AvgIpc) is 3.14. The third-order valence-electron chi connectivity index (χ3n) is 5.80. The Balaban J connectivity index is 0.000000235. The minimum absolute atomic E-state index is 0.00516. The summed E-state index contributed by atoms with van der Waals surface area (Å²) in [6.07, 6.45) is -4.13. The number of alkyl halides is 3. The number of nitrogens with zero attached hydrogens (tertiary/aromatic N) is 1. The van der Waals surface area contributed by atoms with Gasteiger partial charge >= 0.3 is 22.3 Å². The molecule has 0 radical (unpaired) electrons. The van der Waals surface area contributed by atoms with Crippen LogP contribution in [-0.4, -0.2) is 49.7 Å². The monoisotopic (exact) mass is 613 g/mol. The highest BCUT2D eigenvalue weighted by Crippen LogP contribution is 2.44. The van der Waals surface area contributed by atoms with Gasteiger partial charge in [0.1, 0.15) is 23.0 Å². The molecule has 2 unspecified atom stereocenters. The van der Waals surface area contributed by atoms with Gasteiger partial charge in [-0.15, -0.1) is 0 Å². The standard InChI is InChI=1S/C15H12F3NO4.C13H18O5S/c1-9(14(20)21)22-11-3-5-12(6-4-11)23-13-7-2-10(8-19-13)15(16,17)18;1-5-16-12-13(2,3)10-8-9(18-19(4,14)15)6-7-11(10)17-12/h2-9H,1H3,(H,20,21);6-8,12H,5H2,1-4H3. The molecule has 1 aliphatic rings. The lowest BCUT2D eigenvalue weighted by Gasteiger charge is -2.25. The lowest BCUT2D eigenvalue weighted by atomic mass is 9.85. The summed E-state index contributed by atoms with van der Waals surface area (Å²) in [6.45, 7) is 7.82. The van der Waals surface area contributed by atoms with Crippen molar-refractivity contribution in [1.82, 2.24) is 4.98 Å². The number of fused-ring (bicyclic) bond motifs is 1. The van der Waals surface area contributed by atoms with Gasteiger partial charge in [-0.1, -0.05) is 0 Å². The number of rotatable bonds is 9. The highest BCUT2D eigenvalue weighted by molar-refractivity contribution is 7.86. The first kappa shape index (κ1) is 32.5. The van der Waals surface area contributed by atoms with E-state index in [2.05, 4.69) is 4.98 Å². The van der Waals surface area contributed by atoms with Crippen LogP contribution in [0.25, 0.3) is 0 Å². The number of benzene rings is 2. The van der Waals surface area contributed by atoms with E-state index in [0.29, 0.717) is 30.1 Å². The molecule has 10 nitrogen and oxygen atoms in total. The number of halogens is 3. The van der Waals surface area contributed by atoms with Crippen LogP contribution in [0.2, 0.25) is 0 Å². The van der Waals surface area contributed by atoms with Crippen molar-refractivity contribution in [2.45, 2.75) is 51.7 Å². The zero-order chi connectivity index (χ0) is 31.3. The molecule has 14 heteroatoms. The number of aromatic nitrogens is 1. The van der Waals surface area contributed by atoms with E-state index in [1.165, 1.54) is 31.2 Å². The molecule has 0 aliphatic carbocycles. The fourth-order valence-corrected chi connectivity index (χ4v) is 4.15. The summed E-state index contributed by atoms with van der Waals surface area (Å²) < 4.78 is 86.2. The Labute approximate surface area is 241 Å². The summed E-state index contributed by atoms with van der Waals surface area (Å²) in [5.74, 6) is 0.546. The summed E-state index contributed by atoms with van der Waals surface area (Å²) in [5, 5.41) is 8.73. The van der Waals surface area contributed by atoms with Crippen molar-refractivity contribution in [3.05, 3.63) is 71.9 Å². The number of hydrogen-bond acceptors (Lipinski definition) is 9. The molecule has 3 aromatic rings. The van der Waals surface area contributed by atoms with Crippen LogP contribution in [0.3, 0.4) is 0 Å². The summed E-state index contributed by atoms with van der Waals surface area (Å²) in [5.41, 5.74) is -0.342. The second-order valence-corrected chi connectivity index (χ2v) is 11.2. The Morgan fingerprint density at radius 2 is 1.69 bits per heavy atom. The normalized spacial score (nSPS) is 16.2. The van der Waals surface area contributed by atoms with Crippen LogP contribution in [0.5, 0.6) is 28.9 Å². The van der Waals surface area contributed by atoms with E-state index in [4.69, 9.17) is 28.2 Å². The zero-order valence-electron chi connectivity index (χ0n) is 23.3. The molecule has 0 bridgehead atoms. The first-order chi connectivity index (χ1) is 19.5. The maximum absolute atomic E-state index is 12.4. The molecule has 228 valence electrons. The Hall–Kier alpha value is -4.04. The van der Waals surface area contributed by atoms with Crippen LogP contribution < -0.4 is 18.4 Å². The minimum atomic E-state index is -4.45. The highest BCUT2D eigenvalue weighted by atomic mass is 32.2. The van der Waals surface area contributed by atoms with Crippen LogP contribution in [0.1, 0.15) is 38.8 Å². The molecule has 0 amide bonds. The molecule has 2 heterocycles. The first-order valence-electron chi connectivity index (χ1n) is 12.5. The Kier molecular flexibility index (Phi) is 9.94. The van der Waals surface area contributed by atoms with Gasteiger partial charge in [0.2, 0.25) is 12.2 Å². The number of carboxylic acid groups (broad SMARTS) is 1. The van der Waals surface area contributed by atoms with Crippen LogP contribution in [0.15, 0.2) is 60.8 Å².